The first-order chi connectivity index (χ1) is 10.1. The fraction of sp³-hybridized carbons (Fsp3) is 0.214. The molecule has 2 rings (SSSR count). The Kier molecular flexibility index (Phi) is 4.22. The van der Waals surface area contributed by atoms with Crippen LogP contribution in [0.25, 0.3) is 11.3 Å². The van der Waals surface area contributed by atoms with Crippen molar-refractivity contribution in [3.05, 3.63) is 29.8 Å². The van der Waals surface area contributed by atoms with Crippen LogP contribution in [-0.4, -0.2) is 36.3 Å². The fourth-order valence-electron chi connectivity index (χ4n) is 1.87. The number of carbonyl (C=O) groups excluding carboxylic acids is 2. The molecule has 1 aromatic heterocycles. The van der Waals surface area contributed by atoms with E-state index in [0.29, 0.717) is 23.3 Å². The molecule has 0 aliphatic carbocycles. The van der Waals surface area contributed by atoms with Crippen molar-refractivity contribution in [3.63, 3.8) is 0 Å². The molecular weight excluding hydrogens is 274 g/mol. The van der Waals surface area contributed by atoms with Gasteiger partial charge in [-0.25, -0.2) is 4.68 Å². The molecule has 0 saturated carbocycles. The smallest absolute Gasteiger partial charge is 0.327 e. The molecule has 0 bridgehead atoms. The van der Waals surface area contributed by atoms with Crippen LogP contribution in [0, 0.1) is 0 Å². The number of nitrogen functional groups attached to an aromatic ring is 1. The molecule has 2 N–H and O–H groups in total. The zero-order valence-corrected chi connectivity index (χ0v) is 11.7. The highest BCUT2D eigenvalue weighted by molar-refractivity contribution is 5.92. The Balaban J connectivity index is 2.44. The first-order valence-electron chi connectivity index (χ1n) is 6.13. The second-order valence-corrected chi connectivity index (χ2v) is 4.23. The Labute approximate surface area is 121 Å². The lowest BCUT2D eigenvalue weighted by molar-refractivity contribution is -0.141. The Bertz CT molecular complexity index is 662. The Morgan fingerprint density at radius 1 is 1.33 bits per heavy atom. The van der Waals surface area contributed by atoms with Crippen LogP contribution in [0.5, 0.6) is 5.75 Å². The maximum Gasteiger partial charge on any atom is 0.327 e. The lowest BCUT2D eigenvalue weighted by atomic mass is 10.1. The Morgan fingerprint density at radius 3 is 2.52 bits per heavy atom. The van der Waals surface area contributed by atoms with E-state index < -0.39 is 5.97 Å². The van der Waals surface area contributed by atoms with Crippen molar-refractivity contribution < 1.29 is 19.1 Å². The molecule has 21 heavy (non-hydrogen) atoms. The lowest BCUT2D eigenvalue weighted by Crippen LogP contribution is -2.14. The zero-order chi connectivity index (χ0) is 15.4. The third-order valence-corrected chi connectivity index (χ3v) is 3.02. The zero-order valence-electron chi connectivity index (χ0n) is 11.7. The van der Waals surface area contributed by atoms with Gasteiger partial charge < -0.3 is 15.2 Å². The SMILES string of the molecule is COC(=O)Cn1nc(-c2ccc(OC)cc2)c(C=O)c1N. The fourth-order valence-corrected chi connectivity index (χ4v) is 1.87. The molecule has 0 amide bonds. The van der Waals surface area contributed by atoms with Crippen LogP contribution in [0.2, 0.25) is 0 Å². The van der Waals surface area contributed by atoms with Gasteiger partial charge in [0.1, 0.15) is 23.8 Å². The number of nitrogens with zero attached hydrogens (tertiary/aromatic N) is 2. The maximum absolute atomic E-state index is 11.3. The van der Waals surface area contributed by atoms with E-state index in [0.717, 1.165) is 0 Å². The summed E-state index contributed by atoms with van der Waals surface area (Å²) in [6, 6.07) is 7.02. The highest BCUT2D eigenvalue weighted by atomic mass is 16.5. The molecule has 0 saturated heterocycles. The summed E-state index contributed by atoms with van der Waals surface area (Å²) in [4.78, 5) is 22.6. The summed E-state index contributed by atoms with van der Waals surface area (Å²) in [6.45, 7) is -0.153. The predicted octanol–water partition coefficient (Wildman–Crippen LogP) is 1.13. The van der Waals surface area contributed by atoms with E-state index in [-0.39, 0.29) is 17.9 Å². The van der Waals surface area contributed by atoms with Crippen molar-refractivity contribution >= 4 is 18.1 Å². The Hall–Kier alpha value is -2.83. The van der Waals surface area contributed by atoms with Gasteiger partial charge in [-0.15, -0.1) is 0 Å². The van der Waals surface area contributed by atoms with Crippen LogP contribution >= 0.6 is 0 Å². The topological polar surface area (TPSA) is 96.4 Å². The quantitative estimate of drug-likeness (QED) is 0.654. The number of hydrogen-bond donors (Lipinski definition) is 1. The number of hydrogen-bond acceptors (Lipinski definition) is 6. The maximum atomic E-state index is 11.3. The third-order valence-electron chi connectivity index (χ3n) is 3.02. The molecule has 2 aromatic rings. The van der Waals surface area contributed by atoms with Crippen molar-refractivity contribution in [1.29, 1.82) is 0 Å². The first-order valence-corrected chi connectivity index (χ1v) is 6.13. The number of aromatic nitrogens is 2. The number of nitrogens with two attached hydrogens (primary N) is 1. The van der Waals surface area contributed by atoms with E-state index in [1.54, 1.807) is 31.4 Å². The summed E-state index contributed by atoms with van der Waals surface area (Å²) >= 11 is 0. The molecule has 0 radical (unpaired) electrons. The summed E-state index contributed by atoms with van der Waals surface area (Å²) in [7, 11) is 2.84. The van der Waals surface area contributed by atoms with Gasteiger partial charge in [-0.3, -0.25) is 9.59 Å². The van der Waals surface area contributed by atoms with Crippen molar-refractivity contribution in [2.75, 3.05) is 20.0 Å². The van der Waals surface area contributed by atoms with Crippen LogP contribution in [0.4, 0.5) is 5.82 Å². The van der Waals surface area contributed by atoms with Gasteiger partial charge in [-0.1, -0.05) is 0 Å². The summed E-state index contributed by atoms with van der Waals surface area (Å²) < 4.78 is 10.9. The summed E-state index contributed by atoms with van der Waals surface area (Å²) in [6.07, 6.45) is 0.621. The molecule has 1 heterocycles. The normalized spacial score (nSPS) is 10.2. The van der Waals surface area contributed by atoms with Crippen LogP contribution in [0.15, 0.2) is 24.3 Å². The summed E-state index contributed by atoms with van der Waals surface area (Å²) in [5.41, 5.74) is 7.20. The second kappa shape index (κ2) is 6.08. The number of rotatable bonds is 5. The molecule has 0 fully saturated rings. The summed E-state index contributed by atoms with van der Waals surface area (Å²) in [5.74, 6) is 0.317. The van der Waals surface area contributed by atoms with E-state index in [1.165, 1.54) is 11.8 Å². The minimum Gasteiger partial charge on any atom is -0.497 e. The minimum absolute atomic E-state index is 0.126. The molecule has 0 aliphatic heterocycles. The summed E-state index contributed by atoms with van der Waals surface area (Å²) in [5, 5.41) is 4.21. The Morgan fingerprint density at radius 2 is 2.00 bits per heavy atom. The van der Waals surface area contributed by atoms with Gasteiger partial charge in [0.15, 0.2) is 6.29 Å². The molecule has 110 valence electrons. The predicted molar refractivity (Wildman–Crippen MR) is 76.0 cm³/mol. The lowest BCUT2D eigenvalue weighted by Gasteiger charge is -2.02. The van der Waals surface area contributed by atoms with E-state index >= 15 is 0 Å². The van der Waals surface area contributed by atoms with Gasteiger partial charge in [0.25, 0.3) is 0 Å². The first kappa shape index (κ1) is 14.6. The van der Waals surface area contributed by atoms with Gasteiger partial charge in [0.05, 0.1) is 19.8 Å². The van der Waals surface area contributed by atoms with E-state index in [2.05, 4.69) is 9.84 Å². The van der Waals surface area contributed by atoms with Crippen molar-refractivity contribution in [2.24, 2.45) is 0 Å². The molecule has 0 atom stereocenters. The largest absolute Gasteiger partial charge is 0.497 e. The number of esters is 1. The highest BCUT2D eigenvalue weighted by Crippen LogP contribution is 2.27. The highest BCUT2D eigenvalue weighted by Gasteiger charge is 2.18. The molecule has 7 heteroatoms. The van der Waals surface area contributed by atoms with Crippen LogP contribution < -0.4 is 10.5 Å². The standard InChI is InChI=1S/C14H15N3O4/c1-20-10-5-3-9(4-6-10)13-11(8-18)14(15)17(16-13)7-12(19)21-2/h3-6,8H,7,15H2,1-2H3. The number of anilines is 1. The average molecular weight is 289 g/mol. The molecule has 0 spiro atoms. The number of ether oxygens (including phenoxy) is 2. The van der Waals surface area contributed by atoms with E-state index in [4.69, 9.17) is 10.5 Å². The molecule has 7 nitrogen and oxygen atoms in total. The van der Waals surface area contributed by atoms with Gasteiger partial charge in [0.2, 0.25) is 0 Å². The van der Waals surface area contributed by atoms with Gasteiger partial charge in [-0.05, 0) is 24.3 Å². The van der Waals surface area contributed by atoms with Gasteiger partial charge >= 0.3 is 5.97 Å². The monoisotopic (exact) mass is 289 g/mol. The van der Waals surface area contributed by atoms with Crippen molar-refractivity contribution in [2.45, 2.75) is 6.54 Å². The molecule has 0 unspecified atom stereocenters. The number of carbonyl (C=O) groups is 2. The van der Waals surface area contributed by atoms with Crippen molar-refractivity contribution in [1.82, 2.24) is 9.78 Å². The number of benzene rings is 1. The molecular formula is C14H15N3O4. The van der Waals surface area contributed by atoms with E-state index in [1.807, 2.05) is 0 Å². The third kappa shape index (κ3) is 2.86. The second-order valence-electron chi connectivity index (χ2n) is 4.23. The van der Waals surface area contributed by atoms with Gasteiger partial charge in [0, 0.05) is 5.56 Å². The molecule has 1 aromatic carbocycles. The number of methoxy groups -OCH3 is 2. The van der Waals surface area contributed by atoms with Gasteiger partial charge in [-0.2, -0.15) is 5.10 Å². The van der Waals surface area contributed by atoms with Crippen LogP contribution in [-0.2, 0) is 16.1 Å². The van der Waals surface area contributed by atoms with E-state index in [9.17, 15) is 9.59 Å². The van der Waals surface area contributed by atoms with Crippen LogP contribution in [0.3, 0.4) is 0 Å². The average Bonchev–Trinajstić information content (AvgIpc) is 2.83. The molecule has 0 aliphatic rings. The number of aldehydes is 1. The van der Waals surface area contributed by atoms with Crippen molar-refractivity contribution in [3.8, 4) is 17.0 Å². The minimum atomic E-state index is -0.497. The van der Waals surface area contributed by atoms with Crippen LogP contribution in [0.1, 0.15) is 10.4 Å².